The second-order valence-corrected chi connectivity index (χ2v) is 5.96. The molecule has 128 valence electrons. The average Bonchev–Trinajstić information content (AvgIpc) is 2.65. The topological polar surface area (TPSA) is 58.6 Å². The molecule has 1 heterocycles. The maximum atomic E-state index is 12.7. The van der Waals surface area contributed by atoms with Crippen LogP contribution in [0.25, 0.3) is 6.08 Å². The highest BCUT2D eigenvalue weighted by molar-refractivity contribution is 6.30. The van der Waals surface area contributed by atoms with E-state index in [9.17, 15) is 9.59 Å². The summed E-state index contributed by atoms with van der Waals surface area (Å²) in [6, 6.07) is 14.3. The van der Waals surface area contributed by atoms with E-state index < -0.39 is 6.10 Å². The molecule has 3 rings (SSSR count). The summed E-state index contributed by atoms with van der Waals surface area (Å²) in [7, 11) is 1.54. The van der Waals surface area contributed by atoms with Crippen molar-refractivity contribution in [2.75, 3.05) is 18.5 Å². The van der Waals surface area contributed by atoms with Gasteiger partial charge in [-0.3, -0.25) is 9.59 Å². The summed E-state index contributed by atoms with van der Waals surface area (Å²) >= 11 is 5.86. The molecular formula is C19H17ClN2O3. The van der Waals surface area contributed by atoms with Gasteiger partial charge in [-0.2, -0.15) is 0 Å². The molecular weight excluding hydrogens is 340 g/mol. The van der Waals surface area contributed by atoms with Crippen LogP contribution in [0.3, 0.4) is 0 Å². The Bertz CT molecular complexity index is 818. The summed E-state index contributed by atoms with van der Waals surface area (Å²) in [5.41, 5.74) is 1.51. The first-order valence-electron chi connectivity index (χ1n) is 7.81. The molecule has 0 aromatic heterocycles. The highest BCUT2D eigenvalue weighted by Gasteiger charge is 2.32. The lowest BCUT2D eigenvalue weighted by atomic mass is 10.1. The molecule has 2 aromatic carbocycles. The second-order valence-electron chi connectivity index (χ2n) is 5.52. The van der Waals surface area contributed by atoms with Crippen molar-refractivity contribution < 1.29 is 14.3 Å². The van der Waals surface area contributed by atoms with Crippen LogP contribution in [-0.4, -0.2) is 31.5 Å². The molecule has 0 saturated heterocycles. The second kappa shape index (κ2) is 7.40. The van der Waals surface area contributed by atoms with Gasteiger partial charge >= 0.3 is 0 Å². The van der Waals surface area contributed by atoms with Crippen LogP contribution in [0, 0.1) is 0 Å². The third kappa shape index (κ3) is 3.83. The van der Waals surface area contributed by atoms with Crippen LogP contribution in [-0.2, 0) is 9.59 Å². The van der Waals surface area contributed by atoms with Crippen molar-refractivity contribution in [3.05, 3.63) is 65.2 Å². The number of benzene rings is 2. The standard InChI is InChI=1S/C19H17ClN2O3/c1-21-19(24)17-12-22(15-4-2-3-5-16(15)25-17)18(23)11-8-13-6-9-14(20)10-7-13/h2-11,17H,12H2,1H3,(H,21,24)/b11-8+/t17-/m0/s1. The zero-order valence-electron chi connectivity index (χ0n) is 13.6. The molecule has 1 N–H and O–H groups in total. The molecule has 0 spiro atoms. The maximum absolute atomic E-state index is 12.7. The van der Waals surface area contributed by atoms with E-state index in [-0.39, 0.29) is 18.4 Å². The van der Waals surface area contributed by atoms with Gasteiger partial charge in [-0.1, -0.05) is 35.9 Å². The molecule has 0 saturated carbocycles. The fourth-order valence-electron chi connectivity index (χ4n) is 2.57. The minimum absolute atomic E-state index is 0.153. The number of likely N-dealkylation sites (N-methyl/N-ethyl adjacent to an activating group) is 1. The van der Waals surface area contributed by atoms with Gasteiger partial charge in [0.2, 0.25) is 0 Å². The summed E-state index contributed by atoms with van der Waals surface area (Å²) in [5.74, 6) is 0.0178. The first kappa shape index (κ1) is 17.0. The lowest BCUT2D eigenvalue weighted by Crippen LogP contribution is -2.49. The van der Waals surface area contributed by atoms with Crippen LogP contribution in [0.15, 0.2) is 54.6 Å². The van der Waals surface area contributed by atoms with Gasteiger partial charge in [-0.25, -0.2) is 0 Å². The van der Waals surface area contributed by atoms with Crippen LogP contribution in [0.2, 0.25) is 5.02 Å². The Hall–Kier alpha value is -2.79. The van der Waals surface area contributed by atoms with Gasteiger partial charge in [-0.05, 0) is 35.9 Å². The predicted octanol–water partition coefficient (Wildman–Crippen LogP) is 2.89. The monoisotopic (exact) mass is 356 g/mol. The van der Waals surface area contributed by atoms with Crippen LogP contribution >= 0.6 is 11.6 Å². The summed E-state index contributed by atoms with van der Waals surface area (Å²) < 4.78 is 5.70. The molecule has 0 aliphatic carbocycles. The van der Waals surface area contributed by atoms with Gasteiger partial charge in [0.05, 0.1) is 12.2 Å². The predicted molar refractivity (Wildman–Crippen MR) is 97.8 cm³/mol. The van der Waals surface area contributed by atoms with Gasteiger partial charge in [0.25, 0.3) is 11.8 Å². The van der Waals surface area contributed by atoms with E-state index in [0.717, 1.165) is 5.56 Å². The van der Waals surface area contributed by atoms with Crippen LogP contribution in [0.5, 0.6) is 5.75 Å². The van der Waals surface area contributed by atoms with Crippen molar-refractivity contribution in [2.45, 2.75) is 6.10 Å². The van der Waals surface area contributed by atoms with Crippen LogP contribution in [0.4, 0.5) is 5.69 Å². The van der Waals surface area contributed by atoms with E-state index >= 15 is 0 Å². The van der Waals surface area contributed by atoms with Gasteiger partial charge in [-0.15, -0.1) is 0 Å². The quantitative estimate of drug-likeness (QED) is 0.860. The number of para-hydroxylation sites is 2. The molecule has 0 bridgehead atoms. The first-order chi connectivity index (χ1) is 12.1. The SMILES string of the molecule is CNC(=O)[C@@H]1CN(C(=O)/C=C/c2ccc(Cl)cc2)c2ccccc2O1. The molecule has 6 heteroatoms. The minimum atomic E-state index is -0.743. The average molecular weight is 357 g/mol. The summed E-state index contributed by atoms with van der Waals surface area (Å²) in [4.78, 5) is 26.2. The van der Waals surface area contributed by atoms with Crippen molar-refractivity contribution >= 4 is 35.2 Å². The molecule has 0 fully saturated rings. The number of hydrogen-bond donors (Lipinski definition) is 1. The van der Waals surface area contributed by atoms with E-state index in [0.29, 0.717) is 16.5 Å². The van der Waals surface area contributed by atoms with Gasteiger partial charge in [0.15, 0.2) is 6.10 Å². The van der Waals surface area contributed by atoms with E-state index in [2.05, 4.69) is 5.32 Å². The Morgan fingerprint density at radius 3 is 2.64 bits per heavy atom. The van der Waals surface area contributed by atoms with E-state index in [1.54, 1.807) is 48.4 Å². The molecule has 1 aliphatic heterocycles. The molecule has 2 amide bonds. The molecule has 2 aromatic rings. The fraction of sp³-hybridized carbons (Fsp3) is 0.158. The Balaban J connectivity index is 1.84. The Labute approximate surface area is 150 Å². The van der Waals surface area contributed by atoms with Crippen molar-refractivity contribution in [3.8, 4) is 5.75 Å². The number of amides is 2. The number of nitrogens with zero attached hydrogens (tertiary/aromatic N) is 1. The fourth-order valence-corrected chi connectivity index (χ4v) is 2.70. The van der Waals surface area contributed by atoms with Gasteiger partial charge in [0, 0.05) is 18.1 Å². The molecule has 25 heavy (non-hydrogen) atoms. The van der Waals surface area contributed by atoms with E-state index in [1.807, 2.05) is 18.2 Å². The Kier molecular flexibility index (Phi) is 5.05. The number of fused-ring (bicyclic) bond motifs is 1. The minimum Gasteiger partial charge on any atom is -0.477 e. The summed E-state index contributed by atoms with van der Waals surface area (Å²) in [6.45, 7) is 0.153. The van der Waals surface area contributed by atoms with E-state index in [4.69, 9.17) is 16.3 Å². The number of nitrogens with one attached hydrogen (secondary N) is 1. The highest BCUT2D eigenvalue weighted by Crippen LogP contribution is 2.33. The van der Waals surface area contributed by atoms with Crippen molar-refractivity contribution in [1.29, 1.82) is 0 Å². The summed E-state index contributed by atoms with van der Waals surface area (Å²) in [6.07, 6.45) is 2.45. The molecule has 0 unspecified atom stereocenters. The van der Waals surface area contributed by atoms with Crippen LogP contribution < -0.4 is 15.0 Å². The Morgan fingerprint density at radius 2 is 1.92 bits per heavy atom. The van der Waals surface area contributed by atoms with E-state index in [1.165, 1.54) is 6.08 Å². The van der Waals surface area contributed by atoms with Gasteiger partial charge < -0.3 is 15.0 Å². The molecule has 5 nitrogen and oxygen atoms in total. The third-order valence-corrected chi connectivity index (χ3v) is 4.12. The largest absolute Gasteiger partial charge is 0.477 e. The first-order valence-corrected chi connectivity index (χ1v) is 8.18. The summed E-state index contributed by atoms with van der Waals surface area (Å²) in [5, 5.41) is 3.19. The molecule has 1 aliphatic rings. The highest BCUT2D eigenvalue weighted by atomic mass is 35.5. The number of anilines is 1. The number of halogens is 1. The van der Waals surface area contributed by atoms with Crippen LogP contribution in [0.1, 0.15) is 5.56 Å². The number of rotatable bonds is 3. The third-order valence-electron chi connectivity index (χ3n) is 3.87. The Morgan fingerprint density at radius 1 is 1.20 bits per heavy atom. The smallest absolute Gasteiger partial charge is 0.262 e. The van der Waals surface area contributed by atoms with Crippen molar-refractivity contribution in [3.63, 3.8) is 0 Å². The zero-order chi connectivity index (χ0) is 17.8. The zero-order valence-corrected chi connectivity index (χ0v) is 14.4. The maximum Gasteiger partial charge on any atom is 0.262 e. The molecule has 0 radical (unpaired) electrons. The number of carbonyl (C=O) groups excluding carboxylic acids is 2. The number of hydrogen-bond acceptors (Lipinski definition) is 3. The van der Waals surface area contributed by atoms with Gasteiger partial charge in [0.1, 0.15) is 5.75 Å². The lowest BCUT2D eigenvalue weighted by molar-refractivity contribution is -0.127. The number of ether oxygens (including phenoxy) is 1. The van der Waals surface area contributed by atoms with Crippen molar-refractivity contribution in [2.24, 2.45) is 0 Å². The van der Waals surface area contributed by atoms with Crippen molar-refractivity contribution in [1.82, 2.24) is 5.32 Å². The lowest BCUT2D eigenvalue weighted by Gasteiger charge is -2.33. The number of carbonyl (C=O) groups is 2. The normalized spacial score (nSPS) is 16.2. The molecule has 1 atom stereocenters.